The number of esters is 1. The largest absolute Gasteiger partial charge is 0.469 e. The molecule has 1 rings (SSSR count). The van der Waals surface area contributed by atoms with E-state index in [0.29, 0.717) is 0 Å². The minimum Gasteiger partial charge on any atom is -0.469 e. The Morgan fingerprint density at radius 1 is 1.44 bits per heavy atom. The van der Waals surface area contributed by atoms with Crippen molar-refractivity contribution in [1.29, 1.82) is 0 Å². The molecule has 0 unspecified atom stereocenters. The summed E-state index contributed by atoms with van der Waals surface area (Å²) in [4.78, 5) is 16.0. The van der Waals surface area contributed by atoms with Gasteiger partial charge in [-0.2, -0.15) is 0 Å². The standard InChI is InChI=1S/C12H15NO3/c1-10(12(14)15-2)9-16-13-8-11-6-4-3-5-7-11/h3-8,10H,9H2,1-2H3/b13-8-/t10-/m0/s1. The second-order valence-corrected chi connectivity index (χ2v) is 3.37. The zero-order valence-electron chi connectivity index (χ0n) is 9.42. The van der Waals surface area contributed by atoms with Crippen LogP contribution in [0.1, 0.15) is 12.5 Å². The van der Waals surface area contributed by atoms with E-state index in [2.05, 4.69) is 9.89 Å². The van der Waals surface area contributed by atoms with Gasteiger partial charge in [-0.3, -0.25) is 4.79 Å². The molecule has 0 bridgehead atoms. The molecule has 4 nitrogen and oxygen atoms in total. The summed E-state index contributed by atoms with van der Waals surface area (Å²) in [6.07, 6.45) is 1.60. The zero-order valence-corrected chi connectivity index (χ0v) is 9.42. The van der Waals surface area contributed by atoms with Crippen LogP contribution in [0.25, 0.3) is 0 Å². The van der Waals surface area contributed by atoms with Gasteiger partial charge in [0.1, 0.15) is 6.61 Å². The molecule has 1 atom stereocenters. The molecule has 0 saturated heterocycles. The number of hydrogen-bond donors (Lipinski definition) is 0. The predicted octanol–water partition coefficient (Wildman–Crippen LogP) is 1.85. The molecule has 1 aromatic rings. The van der Waals surface area contributed by atoms with Gasteiger partial charge in [-0.05, 0) is 12.5 Å². The third-order valence-corrected chi connectivity index (χ3v) is 2.00. The Balaban J connectivity index is 2.31. The van der Waals surface area contributed by atoms with Crippen molar-refractivity contribution in [2.24, 2.45) is 11.1 Å². The van der Waals surface area contributed by atoms with Gasteiger partial charge >= 0.3 is 5.97 Å². The molecular formula is C12H15NO3. The number of methoxy groups -OCH3 is 1. The van der Waals surface area contributed by atoms with Gasteiger partial charge in [-0.1, -0.05) is 35.5 Å². The summed E-state index contributed by atoms with van der Waals surface area (Å²) in [5.74, 6) is -0.604. The van der Waals surface area contributed by atoms with Crippen molar-refractivity contribution >= 4 is 12.2 Å². The second-order valence-electron chi connectivity index (χ2n) is 3.37. The first-order valence-corrected chi connectivity index (χ1v) is 5.02. The molecule has 0 saturated carbocycles. The molecule has 0 N–H and O–H groups in total. The maximum Gasteiger partial charge on any atom is 0.311 e. The van der Waals surface area contributed by atoms with Crippen LogP contribution < -0.4 is 0 Å². The van der Waals surface area contributed by atoms with Crippen molar-refractivity contribution < 1.29 is 14.4 Å². The number of rotatable bonds is 5. The lowest BCUT2D eigenvalue weighted by Gasteiger charge is -2.06. The third-order valence-electron chi connectivity index (χ3n) is 2.00. The maximum atomic E-state index is 11.0. The summed E-state index contributed by atoms with van der Waals surface area (Å²) in [6, 6.07) is 9.58. The molecule has 0 aliphatic heterocycles. The lowest BCUT2D eigenvalue weighted by atomic mass is 10.2. The fraction of sp³-hybridized carbons (Fsp3) is 0.333. The van der Waals surface area contributed by atoms with Gasteiger partial charge in [-0.15, -0.1) is 0 Å². The van der Waals surface area contributed by atoms with Crippen LogP contribution in [0, 0.1) is 5.92 Å². The molecule has 0 aliphatic rings. The Labute approximate surface area is 94.9 Å². The first kappa shape index (κ1) is 12.2. The van der Waals surface area contributed by atoms with Gasteiger partial charge in [0.2, 0.25) is 0 Å². The van der Waals surface area contributed by atoms with Crippen molar-refractivity contribution in [2.75, 3.05) is 13.7 Å². The molecule has 0 radical (unpaired) electrons. The van der Waals surface area contributed by atoms with E-state index in [1.807, 2.05) is 30.3 Å². The number of oxime groups is 1. The van der Waals surface area contributed by atoms with Crippen LogP contribution in [0.3, 0.4) is 0 Å². The summed E-state index contributed by atoms with van der Waals surface area (Å²) in [5.41, 5.74) is 0.952. The molecule has 0 amide bonds. The third kappa shape index (κ3) is 4.13. The Kier molecular flexibility index (Phi) is 5.05. The van der Waals surface area contributed by atoms with Gasteiger partial charge in [0.25, 0.3) is 0 Å². The first-order chi connectivity index (χ1) is 7.74. The van der Waals surface area contributed by atoms with E-state index in [1.165, 1.54) is 7.11 Å². The van der Waals surface area contributed by atoms with Gasteiger partial charge in [0.05, 0.1) is 19.2 Å². The molecule has 4 heteroatoms. The van der Waals surface area contributed by atoms with E-state index in [1.54, 1.807) is 13.1 Å². The van der Waals surface area contributed by atoms with Crippen LogP contribution >= 0.6 is 0 Å². The summed E-state index contributed by atoms with van der Waals surface area (Å²) >= 11 is 0. The highest BCUT2D eigenvalue weighted by Crippen LogP contribution is 1.99. The average Bonchev–Trinajstić information content (AvgIpc) is 2.34. The smallest absolute Gasteiger partial charge is 0.311 e. The van der Waals surface area contributed by atoms with Gasteiger partial charge in [0.15, 0.2) is 0 Å². The number of carbonyl (C=O) groups excluding carboxylic acids is 1. The summed E-state index contributed by atoms with van der Waals surface area (Å²) in [5, 5.41) is 3.77. The highest BCUT2D eigenvalue weighted by atomic mass is 16.6. The first-order valence-electron chi connectivity index (χ1n) is 5.02. The van der Waals surface area contributed by atoms with E-state index >= 15 is 0 Å². The Hall–Kier alpha value is -1.84. The van der Waals surface area contributed by atoms with Crippen LogP contribution in [-0.4, -0.2) is 25.9 Å². The van der Waals surface area contributed by atoms with Crippen LogP contribution in [0.2, 0.25) is 0 Å². The molecular weight excluding hydrogens is 206 g/mol. The second kappa shape index (κ2) is 6.61. The molecule has 0 aromatic heterocycles. The van der Waals surface area contributed by atoms with Crippen molar-refractivity contribution in [3.05, 3.63) is 35.9 Å². The average molecular weight is 221 g/mol. The van der Waals surface area contributed by atoms with Crippen molar-refractivity contribution in [3.8, 4) is 0 Å². The zero-order chi connectivity index (χ0) is 11.8. The maximum absolute atomic E-state index is 11.0. The quantitative estimate of drug-likeness (QED) is 0.433. The number of carbonyl (C=O) groups is 1. The number of ether oxygens (including phenoxy) is 1. The van der Waals surface area contributed by atoms with Crippen molar-refractivity contribution in [3.63, 3.8) is 0 Å². The number of benzene rings is 1. The normalized spacial score (nSPS) is 12.4. The van der Waals surface area contributed by atoms with Crippen LogP contribution in [0.15, 0.2) is 35.5 Å². The van der Waals surface area contributed by atoms with E-state index in [4.69, 9.17) is 4.84 Å². The number of hydrogen-bond acceptors (Lipinski definition) is 4. The van der Waals surface area contributed by atoms with Crippen LogP contribution in [0.5, 0.6) is 0 Å². The molecule has 0 fully saturated rings. The van der Waals surface area contributed by atoms with Gasteiger partial charge in [-0.25, -0.2) is 0 Å². The molecule has 16 heavy (non-hydrogen) atoms. The van der Waals surface area contributed by atoms with Crippen LogP contribution in [0.4, 0.5) is 0 Å². The van der Waals surface area contributed by atoms with Crippen molar-refractivity contribution in [1.82, 2.24) is 0 Å². The molecule has 0 heterocycles. The molecule has 86 valence electrons. The Morgan fingerprint density at radius 2 is 2.12 bits per heavy atom. The van der Waals surface area contributed by atoms with E-state index in [9.17, 15) is 4.79 Å². The molecule has 0 spiro atoms. The highest BCUT2D eigenvalue weighted by molar-refractivity contribution is 5.78. The summed E-state index contributed by atoms with van der Waals surface area (Å²) in [7, 11) is 1.35. The Morgan fingerprint density at radius 3 is 2.75 bits per heavy atom. The van der Waals surface area contributed by atoms with E-state index < -0.39 is 0 Å². The fourth-order valence-electron chi connectivity index (χ4n) is 1.06. The van der Waals surface area contributed by atoms with Crippen LogP contribution in [-0.2, 0) is 14.4 Å². The van der Waals surface area contributed by atoms with E-state index in [-0.39, 0.29) is 18.5 Å². The molecule has 1 aromatic carbocycles. The Bertz CT molecular complexity index is 349. The SMILES string of the molecule is COC(=O)[C@@H](C)CO/N=C\c1ccccc1. The summed E-state index contributed by atoms with van der Waals surface area (Å²) < 4.78 is 4.56. The fourth-order valence-corrected chi connectivity index (χ4v) is 1.06. The van der Waals surface area contributed by atoms with Gasteiger partial charge < -0.3 is 9.57 Å². The summed E-state index contributed by atoms with van der Waals surface area (Å²) in [6.45, 7) is 1.94. The van der Waals surface area contributed by atoms with Crippen molar-refractivity contribution in [2.45, 2.75) is 6.92 Å². The topological polar surface area (TPSA) is 47.9 Å². The molecule has 0 aliphatic carbocycles. The monoisotopic (exact) mass is 221 g/mol. The highest BCUT2D eigenvalue weighted by Gasteiger charge is 2.12. The minimum atomic E-state index is -0.307. The number of nitrogens with zero attached hydrogens (tertiary/aromatic N) is 1. The predicted molar refractivity (Wildman–Crippen MR) is 61.2 cm³/mol. The van der Waals surface area contributed by atoms with Gasteiger partial charge in [0, 0.05) is 0 Å². The minimum absolute atomic E-state index is 0.218. The lowest BCUT2D eigenvalue weighted by molar-refractivity contribution is -0.146. The van der Waals surface area contributed by atoms with E-state index in [0.717, 1.165) is 5.56 Å². The lowest BCUT2D eigenvalue weighted by Crippen LogP contribution is -2.17.